The van der Waals surface area contributed by atoms with Crippen LogP contribution in [0.3, 0.4) is 0 Å². The number of Topliss-reactive ketones (excluding diaryl/α,β-unsaturated/α-hetero) is 2. The van der Waals surface area contributed by atoms with Crippen molar-refractivity contribution in [2.24, 2.45) is 21.7 Å². The lowest BCUT2D eigenvalue weighted by atomic mass is 9.60. The molecule has 0 N–H and O–H groups in total. The summed E-state index contributed by atoms with van der Waals surface area (Å²) in [7, 11) is 0. The van der Waals surface area contributed by atoms with Gasteiger partial charge in [0.05, 0.1) is 8.65 Å². The second-order valence-electron chi connectivity index (χ2n) is 9.77. The molecule has 0 amide bonds. The first-order valence-corrected chi connectivity index (χ1v) is 12.6. The lowest BCUT2D eigenvalue weighted by Gasteiger charge is -2.43. The van der Waals surface area contributed by atoms with E-state index in [1.807, 2.05) is 0 Å². The minimum atomic E-state index is -0.470. The van der Waals surface area contributed by atoms with E-state index in [-0.39, 0.29) is 20.5 Å². The average Bonchev–Trinajstić information content (AvgIpc) is 3.06. The van der Waals surface area contributed by atoms with Gasteiger partial charge in [-0.05, 0) is 25.7 Å². The summed E-state index contributed by atoms with van der Waals surface area (Å²) in [5.74, 6) is 0.581. The Labute approximate surface area is 189 Å². The van der Waals surface area contributed by atoms with Gasteiger partial charge >= 0.3 is 0 Å². The first-order valence-electron chi connectivity index (χ1n) is 9.20. The first kappa shape index (κ1) is 20.3. The minimum Gasteiger partial charge on any atom is -0.297 e. The van der Waals surface area contributed by atoms with Gasteiger partial charge in [-0.15, -0.1) is 0 Å². The maximum atomic E-state index is 13.1. The molecule has 26 heavy (non-hydrogen) atoms. The molecule has 4 bridgehead atoms. The molecule has 0 aromatic carbocycles. The van der Waals surface area contributed by atoms with Crippen LogP contribution in [0.1, 0.15) is 53.4 Å². The largest absolute Gasteiger partial charge is 0.297 e. The first-order chi connectivity index (χ1) is 11.7. The molecular formula is C20H24Br4O2. The molecule has 0 heterocycles. The number of hydrogen-bond donors (Lipinski definition) is 0. The lowest BCUT2D eigenvalue weighted by molar-refractivity contribution is -0.131. The zero-order valence-electron chi connectivity index (χ0n) is 15.5. The molecule has 0 spiro atoms. The second-order valence-corrected chi connectivity index (χ2v) is 14.4. The fraction of sp³-hybridized carbons (Fsp3) is 0.800. The Morgan fingerprint density at radius 3 is 1.27 bits per heavy atom. The molecule has 4 fully saturated rings. The Morgan fingerprint density at radius 2 is 1.04 bits per heavy atom. The maximum Gasteiger partial charge on any atom is 0.157 e. The van der Waals surface area contributed by atoms with Gasteiger partial charge < -0.3 is 0 Å². The topological polar surface area (TPSA) is 34.1 Å². The third-order valence-corrected chi connectivity index (χ3v) is 15.3. The quantitative estimate of drug-likeness (QED) is 0.277. The average molecular weight is 616 g/mol. The van der Waals surface area contributed by atoms with E-state index in [2.05, 4.69) is 104 Å². The van der Waals surface area contributed by atoms with Crippen LogP contribution in [0.2, 0.25) is 0 Å². The van der Waals surface area contributed by atoms with E-state index in [1.54, 1.807) is 0 Å². The fourth-order valence-corrected chi connectivity index (χ4v) is 11.3. The van der Waals surface area contributed by atoms with E-state index in [0.29, 0.717) is 11.6 Å². The van der Waals surface area contributed by atoms with Crippen molar-refractivity contribution in [1.82, 2.24) is 0 Å². The number of fused-ring (bicyclic) bond motifs is 4. The van der Waals surface area contributed by atoms with Crippen molar-refractivity contribution in [1.29, 1.82) is 0 Å². The highest BCUT2D eigenvalue weighted by molar-refractivity contribution is 9.13. The highest BCUT2D eigenvalue weighted by Gasteiger charge is 2.76. The number of hydrogen-bond acceptors (Lipinski definition) is 2. The van der Waals surface area contributed by atoms with Gasteiger partial charge in [-0.2, -0.15) is 0 Å². The molecule has 0 unspecified atom stereocenters. The molecular weight excluding hydrogens is 592 g/mol. The van der Waals surface area contributed by atoms with E-state index in [4.69, 9.17) is 0 Å². The minimum absolute atomic E-state index is 0.0711. The lowest BCUT2D eigenvalue weighted by Crippen LogP contribution is -2.43. The zero-order chi connectivity index (χ0) is 19.6. The van der Waals surface area contributed by atoms with E-state index < -0.39 is 19.5 Å². The van der Waals surface area contributed by atoms with Crippen LogP contribution in [-0.2, 0) is 9.59 Å². The SMILES string of the molecule is CC1(C)C(=O)[C@@]2(Br)CC[C@]1(/C=C/[C@]13CC[C@](Br)(C(=O)C1(C)C)[C@@H]3Br)[C@@H]2Br. The van der Waals surface area contributed by atoms with Gasteiger partial charge in [-0.3, -0.25) is 9.59 Å². The summed E-state index contributed by atoms with van der Waals surface area (Å²) in [5.41, 5.74) is -1.33. The van der Waals surface area contributed by atoms with Crippen LogP contribution in [0.15, 0.2) is 12.2 Å². The fourth-order valence-electron chi connectivity index (χ4n) is 6.33. The van der Waals surface area contributed by atoms with Gasteiger partial charge in [0.25, 0.3) is 0 Å². The standard InChI is InChI=1S/C20H24Br4O2/c1-15(2)13(25)19(23)9-7-17(15,11(19)21)5-6-18-8-10-20(24,12(18)22)14(26)16(18,3)4/h5-6,11-12H,7-10H2,1-4H3/b6-5+/t11-,12+,17-,18-,19-,20-/m1/s1. The predicted octanol–water partition coefficient (Wildman–Crippen LogP) is 6.12. The van der Waals surface area contributed by atoms with E-state index in [0.717, 1.165) is 25.7 Å². The van der Waals surface area contributed by atoms with Crippen LogP contribution >= 0.6 is 63.7 Å². The Hall–Kier alpha value is 1.000. The van der Waals surface area contributed by atoms with Crippen molar-refractivity contribution in [3.63, 3.8) is 0 Å². The van der Waals surface area contributed by atoms with Crippen LogP contribution in [0.5, 0.6) is 0 Å². The molecule has 0 saturated heterocycles. The Bertz CT molecular complexity index is 697. The molecule has 0 radical (unpaired) electrons. The molecule has 4 aliphatic rings. The smallest absolute Gasteiger partial charge is 0.157 e. The Balaban J connectivity index is 1.82. The molecule has 0 aliphatic heterocycles. The van der Waals surface area contributed by atoms with Gasteiger partial charge in [0.15, 0.2) is 11.6 Å². The van der Waals surface area contributed by atoms with Gasteiger partial charge in [-0.25, -0.2) is 0 Å². The van der Waals surface area contributed by atoms with Crippen LogP contribution in [0.25, 0.3) is 0 Å². The zero-order valence-corrected chi connectivity index (χ0v) is 21.8. The number of carbonyl (C=O) groups excluding carboxylic acids is 2. The highest BCUT2D eigenvalue weighted by Crippen LogP contribution is 2.73. The molecule has 4 saturated carbocycles. The monoisotopic (exact) mass is 612 g/mol. The van der Waals surface area contributed by atoms with Crippen molar-refractivity contribution in [3.8, 4) is 0 Å². The van der Waals surface area contributed by atoms with Crippen LogP contribution in [0.4, 0.5) is 0 Å². The molecule has 0 aromatic rings. The van der Waals surface area contributed by atoms with Gasteiger partial charge in [0.1, 0.15) is 0 Å². The number of rotatable bonds is 2. The number of alkyl halides is 4. The number of carbonyl (C=O) groups is 2. The van der Waals surface area contributed by atoms with Crippen LogP contribution < -0.4 is 0 Å². The summed E-state index contributed by atoms with van der Waals surface area (Å²) in [5, 5.41) is 0. The molecule has 2 nitrogen and oxygen atoms in total. The number of ketones is 2. The summed E-state index contributed by atoms with van der Waals surface area (Å²) in [6, 6.07) is 0. The van der Waals surface area contributed by atoms with Crippen molar-refractivity contribution in [2.75, 3.05) is 0 Å². The summed E-state index contributed by atoms with van der Waals surface area (Å²) in [6.45, 7) is 8.31. The van der Waals surface area contributed by atoms with E-state index >= 15 is 0 Å². The van der Waals surface area contributed by atoms with E-state index in [1.165, 1.54) is 0 Å². The number of halogens is 4. The second kappa shape index (κ2) is 5.37. The van der Waals surface area contributed by atoms with E-state index in [9.17, 15) is 9.59 Å². The summed E-state index contributed by atoms with van der Waals surface area (Å²) in [4.78, 5) is 26.3. The predicted molar refractivity (Wildman–Crippen MR) is 119 cm³/mol. The normalized spacial score (nSPS) is 54.0. The van der Waals surface area contributed by atoms with Crippen molar-refractivity contribution in [3.05, 3.63) is 12.2 Å². The molecule has 6 atom stereocenters. The Kier molecular flexibility index (Phi) is 4.19. The molecule has 144 valence electrons. The molecule has 4 rings (SSSR count). The van der Waals surface area contributed by atoms with Gasteiger partial charge in [-0.1, -0.05) is 104 Å². The van der Waals surface area contributed by atoms with Crippen LogP contribution in [-0.4, -0.2) is 29.9 Å². The number of allylic oxidation sites excluding steroid dienone is 2. The highest BCUT2D eigenvalue weighted by atomic mass is 79.9. The Morgan fingerprint density at radius 1 is 0.731 bits per heavy atom. The summed E-state index contributed by atoms with van der Waals surface area (Å²) >= 11 is 15.3. The third kappa shape index (κ3) is 1.86. The van der Waals surface area contributed by atoms with Gasteiger partial charge in [0.2, 0.25) is 0 Å². The molecule has 6 heteroatoms. The van der Waals surface area contributed by atoms with Crippen molar-refractivity contribution in [2.45, 2.75) is 71.7 Å². The van der Waals surface area contributed by atoms with Crippen LogP contribution in [0, 0.1) is 21.7 Å². The van der Waals surface area contributed by atoms with Crippen molar-refractivity contribution < 1.29 is 9.59 Å². The third-order valence-electron chi connectivity index (χ3n) is 8.41. The van der Waals surface area contributed by atoms with Crippen molar-refractivity contribution >= 4 is 75.3 Å². The summed E-state index contributed by atoms with van der Waals surface area (Å²) < 4.78 is -0.940. The van der Waals surface area contributed by atoms with Gasteiger partial charge in [0, 0.05) is 31.3 Å². The molecule has 4 aliphatic carbocycles. The maximum absolute atomic E-state index is 13.1. The molecule has 0 aromatic heterocycles. The summed E-state index contributed by atoms with van der Waals surface area (Å²) in [6.07, 6.45) is 8.25.